The SMILES string of the molecule is CC(C)c1cc(-c2n[nH]c(=O)n2-c2ccc3c(ccn3CCC3CCN(CCC(C)(C)SSCCOC(=O)NCn4nc(Cc5ccc(F)c(C(=O)N6CCN(C(=O)C7CC7)CC6)c5)c5ccccc5c4=O)CC3)c2)c(O)cc1O. The number of aromatic nitrogens is 6. The lowest BCUT2D eigenvalue weighted by molar-refractivity contribution is -0.134. The molecule has 21 heteroatoms. The maximum Gasteiger partial charge on any atom is 0.408 e. The van der Waals surface area contributed by atoms with E-state index in [-0.39, 0.29) is 65.1 Å². The molecule has 3 aromatic heterocycles. The first-order valence-electron chi connectivity index (χ1n) is 27.6. The van der Waals surface area contributed by atoms with E-state index in [0.717, 1.165) is 75.6 Å². The first kappa shape index (κ1) is 56.2. The number of nitrogens with zero attached hydrogens (tertiary/aromatic N) is 8. The van der Waals surface area contributed by atoms with Crippen LogP contribution in [-0.4, -0.2) is 135 Å². The fourth-order valence-corrected chi connectivity index (χ4v) is 13.2. The fraction of sp³-hybridized carbons (Fsp3) is 0.441. The Morgan fingerprint density at radius 2 is 1.62 bits per heavy atom. The third-order valence-electron chi connectivity index (χ3n) is 15.6. The van der Waals surface area contributed by atoms with Crippen LogP contribution < -0.4 is 16.6 Å². The normalized spacial score (nSPS) is 15.6. The summed E-state index contributed by atoms with van der Waals surface area (Å²) in [6, 6.07) is 22.3. The van der Waals surface area contributed by atoms with Gasteiger partial charge in [0.25, 0.3) is 11.5 Å². The molecule has 3 fully saturated rings. The summed E-state index contributed by atoms with van der Waals surface area (Å²) in [6.45, 7) is 13.8. The standard InChI is InChI=1S/C59H69FN10O8S2/c1-37(2)45-34-47(52(72)35-51(45)71)53-62-63-57(76)70(53)42-12-14-50-41(33-42)18-23-66(50)22-17-38-15-20-65(21-16-38)24-19-59(3,4)80-79-30-29-78-58(77)61-36-69-56(75)44-8-6-5-7-43(44)49(64-69)32-39-9-13-48(60)46(31-39)55(74)68-27-25-67(26-28-68)54(73)40-10-11-40/h5-9,12-14,18,23,31,33-35,37-38,40,71-72H,10-11,15-17,19-22,24-30,32,36H2,1-4H3,(H,61,77)(H,63,76). The third-order valence-corrected chi connectivity index (χ3v) is 19.0. The number of hydrogen-bond acceptors (Lipinski definition) is 13. The van der Waals surface area contributed by atoms with E-state index in [9.17, 15) is 34.2 Å². The highest BCUT2D eigenvalue weighted by Gasteiger charge is 2.36. The van der Waals surface area contributed by atoms with Gasteiger partial charge in [0, 0.05) is 84.1 Å². The smallest absolute Gasteiger partial charge is 0.408 e. The van der Waals surface area contributed by atoms with Crippen LogP contribution in [0.25, 0.3) is 38.8 Å². The minimum Gasteiger partial charge on any atom is -0.508 e. The number of piperidine rings is 1. The number of amides is 3. The van der Waals surface area contributed by atoms with Gasteiger partial charge in [-0.3, -0.25) is 14.4 Å². The van der Waals surface area contributed by atoms with Gasteiger partial charge in [-0.25, -0.2) is 28.3 Å². The molecule has 1 aliphatic carbocycles. The van der Waals surface area contributed by atoms with Gasteiger partial charge in [-0.05, 0) is 144 Å². The number of ether oxygens (including phenoxy) is 1. The van der Waals surface area contributed by atoms with Gasteiger partial charge in [0.1, 0.15) is 30.6 Å². The zero-order valence-electron chi connectivity index (χ0n) is 45.7. The van der Waals surface area contributed by atoms with Crippen molar-refractivity contribution in [1.29, 1.82) is 0 Å². The molecule has 3 aliphatic rings. The lowest BCUT2D eigenvalue weighted by Gasteiger charge is -2.35. The van der Waals surface area contributed by atoms with Crippen molar-refractivity contribution in [2.75, 3.05) is 58.2 Å². The quantitative estimate of drug-likeness (QED) is 0.0415. The highest BCUT2D eigenvalue weighted by Crippen LogP contribution is 2.40. The number of carbonyl (C=O) groups excluding carboxylic acids is 3. The number of fused-ring (bicyclic) bond motifs is 2. The molecule has 0 radical (unpaired) electrons. The largest absolute Gasteiger partial charge is 0.508 e. The van der Waals surface area contributed by atoms with E-state index in [0.29, 0.717) is 76.7 Å². The van der Waals surface area contributed by atoms with Crippen LogP contribution in [0, 0.1) is 17.7 Å². The summed E-state index contributed by atoms with van der Waals surface area (Å²) in [5.74, 6) is 0.445. The first-order chi connectivity index (χ1) is 38.5. The van der Waals surface area contributed by atoms with E-state index < -0.39 is 29.1 Å². The zero-order valence-corrected chi connectivity index (χ0v) is 47.3. The summed E-state index contributed by atoms with van der Waals surface area (Å²) >= 11 is 0. The Labute approximate surface area is 471 Å². The van der Waals surface area contributed by atoms with Crippen molar-refractivity contribution >= 4 is 61.2 Å². The average Bonchev–Trinajstić information content (AvgIpc) is 4.31. The van der Waals surface area contributed by atoms with Crippen LogP contribution in [0.5, 0.6) is 11.5 Å². The van der Waals surface area contributed by atoms with Gasteiger partial charge in [-0.1, -0.05) is 59.7 Å². The molecule has 4 N–H and O–H groups in total. The second-order valence-corrected chi connectivity index (χ2v) is 25.3. The van der Waals surface area contributed by atoms with Crippen molar-refractivity contribution in [3.8, 4) is 28.6 Å². The summed E-state index contributed by atoms with van der Waals surface area (Å²) in [7, 11) is 3.44. The van der Waals surface area contributed by atoms with Gasteiger partial charge < -0.3 is 39.5 Å². The monoisotopic (exact) mass is 1130 g/mol. The van der Waals surface area contributed by atoms with Crippen LogP contribution in [0.15, 0.2) is 94.6 Å². The number of nitrogens with one attached hydrogen (secondary N) is 2. The third kappa shape index (κ3) is 12.9. The van der Waals surface area contributed by atoms with Crippen LogP contribution >= 0.6 is 21.6 Å². The first-order valence-corrected chi connectivity index (χ1v) is 29.9. The minimum absolute atomic E-state index is 0.00436. The predicted octanol–water partition coefficient (Wildman–Crippen LogP) is 8.89. The molecule has 2 saturated heterocycles. The summed E-state index contributed by atoms with van der Waals surface area (Å²) < 4.78 is 25.6. The molecule has 7 aromatic rings. The molecule has 0 unspecified atom stereocenters. The molecule has 1 saturated carbocycles. The molecular formula is C59H69FN10O8S2. The highest BCUT2D eigenvalue weighted by atomic mass is 33.1. The number of hydrogen-bond donors (Lipinski definition) is 4. The number of phenols is 2. The zero-order chi connectivity index (χ0) is 56.2. The number of piperazine rings is 1. The van der Waals surface area contributed by atoms with E-state index >= 15 is 4.39 Å². The van der Waals surface area contributed by atoms with Gasteiger partial charge in [0.2, 0.25) is 5.91 Å². The summed E-state index contributed by atoms with van der Waals surface area (Å²) in [5.41, 5.74) is 2.96. The summed E-state index contributed by atoms with van der Waals surface area (Å²) in [6.07, 6.45) is 7.79. The number of phenolic OH excluding ortho intramolecular Hbond substituents is 2. The predicted molar refractivity (Wildman–Crippen MR) is 310 cm³/mol. The van der Waals surface area contributed by atoms with Crippen molar-refractivity contribution < 1.29 is 33.7 Å². The van der Waals surface area contributed by atoms with Gasteiger partial charge >= 0.3 is 11.8 Å². The van der Waals surface area contributed by atoms with Crippen molar-refractivity contribution in [2.45, 2.75) is 96.5 Å². The fourth-order valence-electron chi connectivity index (χ4n) is 10.8. The van der Waals surface area contributed by atoms with Gasteiger partial charge in [0.05, 0.1) is 27.9 Å². The Balaban J connectivity index is 0.640. The lowest BCUT2D eigenvalue weighted by Crippen LogP contribution is -2.51. The number of aromatic amines is 1. The maximum atomic E-state index is 15.2. The number of carbonyl (C=O) groups is 3. The second kappa shape index (κ2) is 24.3. The van der Waals surface area contributed by atoms with Crippen LogP contribution in [-0.2, 0) is 29.2 Å². The highest BCUT2D eigenvalue weighted by molar-refractivity contribution is 8.77. The van der Waals surface area contributed by atoms with Crippen molar-refractivity contribution in [3.63, 3.8) is 0 Å². The Bertz CT molecular complexity index is 3540. The molecule has 18 nitrogen and oxygen atoms in total. The van der Waals surface area contributed by atoms with Crippen LogP contribution in [0.3, 0.4) is 0 Å². The Kier molecular flexibility index (Phi) is 17.1. The van der Waals surface area contributed by atoms with Gasteiger partial charge in [0.15, 0.2) is 5.82 Å². The number of likely N-dealkylation sites (tertiary alicyclic amines) is 1. The van der Waals surface area contributed by atoms with Gasteiger partial charge in [-0.15, -0.1) is 0 Å². The number of aromatic hydroxyl groups is 2. The molecular weight excluding hydrogens is 1060 g/mol. The number of halogens is 1. The van der Waals surface area contributed by atoms with E-state index in [1.807, 2.05) is 32.0 Å². The van der Waals surface area contributed by atoms with Gasteiger partial charge in [-0.2, -0.15) is 10.2 Å². The molecule has 5 heterocycles. The number of benzene rings is 4. The van der Waals surface area contributed by atoms with Crippen molar-refractivity contribution in [1.82, 2.24) is 49.1 Å². The van der Waals surface area contributed by atoms with E-state index in [4.69, 9.17) is 4.74 Å². The number of rotatable bonds is 20. The Hall–Kier alpha value is -7.10. The van der Waals surface area contributed by atoms with Crippen LogP contribution in [0.1, 0.15) is 99.3 Å². The van der Waals surface area contributed by atoms with E-state index in [2.05, 4.69) is 56.2 Å². The molecule has 80 heavy (non-hydrogen) atoms. The van der Waals surface area contributed by atoms with E-state index in [1.54, 1.807) is 67.8 Å². The lowest BCUT2D eigenvalue weighted by atomic mass is 9.93. The van der Waals surface area contributed by atoms with Crippen LogP contribution in [0.2, 0.25) is 0 Å². The summed E-state index contributed by atoms with van der Waals surface area (Å²) in [4.78, 5) is 71.5. The molecule has 4 aromatic carbocycles. The number of H-pyrrole nitrogens is 1. The molecule has 2 aliphatic heterocycles. The van der Waals surface area contributed by atoms with E-state index in [1.165, 1.54) is 27.4 Å². The molecule has 0 spiro atoms. The topological polar surface area (TPSA) is 213 Å². The van der Waals surface area contributed by atoms with Crippen LogP contribution in [0.4, 0.5) is 9.18 Å². The second-order valence-electron chi connectivity index (χ2n) is 22.2. The minimum atomic E-state index is -0.674. The average molecular weight is 1130 g/mol. The molecule has 10 rings (SSSR count). The Morgan fingerprint density at radius 1 is 0.875 bits per heavy atom. The van der Waals surface area contributed by atoms with Crippen molar-refractivity contribution in [3.05, 3.63) is 134 Å². The summed E-state index contributed by atoms with van der Waals surface area (Å²) in [5, 5.41) is 37.2. The molecule has 0 atom stereocenters. The Morgan fingerprint density at radius 3 is 2.38 bits per heavy atom. The maximum absolute atomic E-state index is 15.2. The number of aryl methyl sites for hydroxylation is 1. The molecule has 3 amide bonds. The number of alkyl carbamates (subject to hydrolysis) is 1. The molecule has 422 valence electrons. The van der Waals surface area contributed by atoms with Crippen molar-refractivity contribution in [2.24, 2.45) is 11.8 Å². The molecule has 0 bridgehead atoms.